The molecule has 0 aliphatic heterocycles. The summed E-state index contributed by atoms with van der Waals surface area (Å²) in [4.78, 5) is 20.7. The number of nitrogens with one attached hydrogen (secondary N) is 1. The van der Waals surface area contributed by atoms with E-state index in [0.29, 0.717) is 33.1 Å². The minimum absolute atomic E-state index is 0.0649. The number of nitrogens with zero attached hydrogens (tertiary/aromatic N) is 3. The lowest BCUT2D eigenvalue weighted by Gasteiger charge is -2.06. The van der Waals surface area contributed by atoms with Crippen molar-refractivity contribution in [2.45, 2.75) is 6.42 Å². The summed E-state index contributed by atoms with van der Waals surface area (Å²) in [6.07, 6.45) is 3.01. The Morgan fingerprint density at radius 3 is 2.62 bits per heavy atom. The lowest BCUT2D eigenvalue weighted by molar-refractivity contribution is -0.115. The van der Waals surface area contributed by atoms with Crippen molar-refractivity contribution in [3.05, 3.63) is 83.5 Å². The molecule has 1 amide bonds. The lowest BCUT2D eigenvalue weighted by Crippen LogP contribution is -2.14. The average molecular weight is 409 g/mol. The van der Waals surface area contributed by atoms with Crippen LogP contribution in [-0.4, -0.2) is 21.0 Å². The zero-order valence-electron chi connectivity index (χ0n) is 15.0. The van der Waals surface area contributed by atoms with Crippen molar-refractivity contribution in [3.63, 3.8) is 0 Å². The van der Waals surface area contributed by atoms with Gasteiger partial charge in [-0.05, 0) is 42.0 Å². The van der Waals surface area contributed by atoms with Crippen LogP contribution in [0, 0.1) is 5.82 Å². The van der Waals surface area contributed by atoms with Crippen LogP contribution < -0.4 is 5.32 Å². The van der Waals surface area contributed by atoms with E-state index in [4.69, 9.17) is 16.1 Å². The first-order chi connectivity index (χ1) is 14.1. The third kappa shape index (κ3) is 4.14. The number of hydrogen-bond donors (Lipinski definition) is 1. The Hall–Kier alpha value is -3.58. The van der Waals surface area contributed by atoms with Gasteiger partial charge >= 0.3 is 0 Å². The molecule has 0 bridgehead atoms. The maximum Gasteiger partial charge on any atom is 0.241 e. The minimum Gasteiger partial charge on any atom is -0.337 e. The number of carbonyl (C=O) groups excluding carboxylic acids is 1. The van der Waals surface area contributed by atoms with Gasteiger partial charge in [0.25, 0.3) is 0 Å². The van der Waals surface area contributed by atoms with E-state index in [9.17, 15) is 9.18 Å². The number of aromatic nitrogens is 3. The van der Waals surface area contributed by atoms with Crippen molar-refractivity contribution in [1.82, 2.24) is 15.1 Å². The van der Waals surface area contributed by atoms with Crippen LogP contribution in [0.1, 0.15) is 5.56 Å². The maximum absolute atomic E-state index is 13.3. The fourth-order valence-corrected chi connectivity index (χ4v) is 3.04. The van der Waals surface area contributed by atoms with Crippen LogP contribution in [-0.2, 0) is 11.2 Å². The van der Waals surface area contributed by atoms with E-state index in [0.717, 1.165) is 0 Å². The van der Waals surface area contributed by atoms with Gasteiger partial charge in [0, 0.05) is 16.8 Å². The molecule has 0 aliphatic carbocycles. The average Bonchev–Trinajstić information content (AvgIpc) is 3.14. The summed E-state index contributed by atoms with van der Waals surface area (Å²) >= 11 is 6.13. The smallest absolute Gasteiger partial charge is 0.241 e. The van der Waals surface area contributed by atoms with E-state index in [1.807, 2.05) is 6.07 Å². The van der Waals surface area contributed by atoms with Crippen LogP contribution >= 0.6 is 11.6 Å². The van der Waals surface area contributed by atoms with Gasteiger partial charge < -0.3 is 4.52 Å². The molecule has 0 unspecified atom stereocenters. The van der Waals surface area contributed by atoms with Crippen molar-refractivity contribution in [2.75, 3.05) is 5.32 Å². The number of rotatable bonds is 5. The van der Waals surface area contributed by atoms with Crippen LogP contribution in [0.15, 0.2) is 71.6 Å². The molecule has 2 aromatic carbocycles. The van der Waals surface area contributed by atoms with Crippen molar-refractivity contribution in [3.8, 4) is 22.5 Å². The monoisotopic (exact) mass is 408 g/mol. The van der Waals surface area contributed by atoms with Crippen LogP contribution in [0.2, 0.25) is 5.02 Å². The Bertz CT molecular complexity index is 1150. The molecular weight excluding hydrogens is 395 g/mol. The van der Waals surface area contributed by atoms with Gasteiger partial charge in [0.2, 0.25) is 11.8 Å². The molecule has 6 nitrogen and oxygen atoms in total. The fourth-order valence-electron chi connectivity index (χ4n) is 2.84. The zero-order chi connectivity index (χ0) is 20.2. The molecule has 1 N–H and O–H groups in total. The van der Waals surface area contributed by atoms with Gasteiger partial charge in [-0.15, -0.1) is 0 Å². The highest BCUT2D eigenvalue weighted by Gasteiger charge is 2.22. The molecule has 0 aliphatic rings. The van der Waals surface area contributed by atoms with E-state index in [1.54, 1.807) is 42.6 Å². The van der Waals surface area contributed by atoms with Crippen molar-refractivity contribution >= 4 is 23.4 Å². The van der Waals surface area contributed by atoms with Gasteiger partial charge in [0.15, 0.2) is 0 Å². The molecule has 4 rings (SSSR count). The molecule has 29 heavy (non-hydrogen) atoms. The van der Waals surface area contributed by atoms with E-state index < -0.39 is 0 Å². The molecule has 8 heteroatoms. The SMILES string of the molecule is O=C(Cc1ccccc1Cl)Nc1onc(-c2ccc(F)cc2)c1-c1ccncn1. The second kappa shape index (κ2) is 8.20. The summed E-state index contributed by atoms with van der Waals surface area (Å²) in [7, 11) is 0. The van der Waals surface area contributed by atoms with Crippen molar-refractivity contribution in [2.24, 2.45) is 0 Å². The van der Waals surface area contributed by atoms with Gasteiger partial charge in [0.05, 0.1) is 17.7 Å². The molecule has 0 saturated heterocycles. The summed E-state index contributed by atoms with van der Waals surface area (Å²) in [5.41, 5.74) is 2.72. The fraction of sp³-hybridized carbons (Fsp3) is 0.0476. The summed E-state index contributed by atoms with van der Waals surface area (Å²) in [5, 5.41) is 7.30. The van der Waals surface area contributed by atoms with Gasteiger partial charge in [-0.1, -0.05) is 35.0 Å². The number of carbonyl (C=O) groups is 1. The minimum atomic E-state index is -0.367. The molecule has 4 aromatic rings. The topological polar surface area (TPSA) is 80.9 Å². The number of amides is 1. The number of anilines is 1. The predicted octanol–water partition coefficient (Wildman–Crippen LogP) is 4.77. The Kier molecular flexibility index (Phi) is 5.31. The molecule has 0 fully saturated rings. The Morgan fingerprint density at radius 2 is 1.90 bits per heavy atom. The molecular formula is C21H14ClFN4O2. The van der Waals surface area contributed by atoms with E-state index >= 15 is 0 Å². The normalized spacial score (nSPS) is 10.7. The third-order valence-electron chi connectivity index (χ3n) is 4.21. The second-order valence-electron chi connectivity index (χ2n) is 6.15. The first kappa shape index (κ1) is 18.8. The van der Waals surface area contributed by atoms with Crippen molar-refractivity contribution in [1.29, 1.82) is 0 Å². The highest BCUT2D eigenvalue weighted by Crippen LogP contribution is 2.36. The molecule has 0 atom stereocenters. The van der Waals surface area contributed by atoms with Gasteiger partial charge in [0.1, 0.15) is 17.8 Å². The Balaban J connectivity index is 1.69. The van der Waals surface area contributed by atoms with Crippen LogP contribution in [0.3, 0.4) is 0 Å². The first-order valence-corrected chi connectivity index (χ1v) is 9.05. The Morgan fingerprint density at radius 1 is 1.10 bits per heavy atom. The summed E-state index contributed by atoms with van der Waals surface area (Å²) in [5.74, 6) is -0.551. The number of halogens is 2. The first-order valence-electron chi connectivity index (χ1n) is 8.67. The van der Waals surface area contributed by atoms with Crippen LogP contribution in [0.4, 0.5) is 10.3 Å². The molecule has 144 valence electrons. The van der Waals surface area contributed by atoms with Gasteiger partial charge in [-0.2, -0.15) is 0 Å². The van der Waals surface area contributed by atoms with Crippen molar-refractivity contribution < 1.29 is 13.7 Å². The summed E-state index contributed by atoms with van der Waals surface area (Å²) in [6.45, 7) is 0. The van der Waals surface area contributed by atoms with E-state index in [2.05, 4.69) is 20.4 Å². The standard InChI is InChI=1S/C21H14ClFN4O2/c22-16-4-2-1-3-14(16)11-18(28)26-21-19(17-9-10-24-12-25-17)20(27-29-21)13-5-7-15(23)8-6-13/h1-10,12H,11H2,(H,26,28). The lowest BCUT2D eigenvalue weighted by atomic mass is 10.0. The van der Waals surface area contributed by atoms with Crippen LogP contribution in [0.25, 0.3) is 22.5 Å². The largest absolute Gasteiger partial charge is 0.337 e. The van der Waals surface area contributed by atoms with E-state index in [1.165, 1.54) is 18.5 Å². The zero-order valence-corrected chi connectivity index (χ0v) is 15.7. The highest BCUT2D eigenvalue weighted by molar-refractivity contribution is 6.31. The Labute approximate surface area is 170 Å². The predicted molar refractivity (Wildman–Crippen MR) is 107 cm³/mol. The molecule has 0 spiro atoms. The molecule has 2 heterocycles. The molecule has 2 aromatic heterocycles. The van der Waals surface area contributed by atoms with Gasteiger partial charge in [-0.3, -0.25) is 10.1 Å². The van der Waals surface area contributed by atoms with Crippen LogP contribution in [0.5, 0.6) is 0 Å². The maximum atomic E-state index is 13.3. The van der Waals surface area contributed by atoms with Gasteiger partial charge in [-0.25, -0.2) is 14.4 Å². The number of hydrogen-bond acceptors (Lipinski definition) is 5. The quantitative estimate of drug-likeness (QED) is 0.514. The highest BCUT2D eigenvalue weighted by atomic mass is 35.5. The molecule has 0 radical (unpaired) electrons. The summed E-state index contributed by atoms with van der Waals surface area (Å²) < 4.78 is 18.7. The number of benzene rings is 2. The third-order valence-corrected chi connectivity index (χ3v) is 4.58. The summed E-state index contributed by atoms with van der Waals surface area (Å²) in [6, 6.07) is 14.6. The molecule has 0 saturated carbocycles. The second-order valence-corrected chi connectivity index (χ2v) is 6.56. The van der Waals surface area contributed by atoms with E-state index in [-0.39, 0.29) is 24.0 Å².